The summed E-state index contributed by atoms with van der Waals surface area (Å²) in [5.41, 5.74) is 1.87. The van der Waals surface area contributed by atoms with Crippen LogP contribution in [0.2, 0.25) is 0 Å². The number of benzene rings is 2. The predicted octanol–water partition coefficient (Wildman–Crippen LogP) is 3.81. The van der Waals surface area contributed by atoms with Gasteiger partial charge in [-0.2, -0.15) is 5.26 Å². The van der Waals surface area contributed by atoms with Gasteiger partial charge in [-0.15, -0.1) is 0 Å². The largest absolute Gasteiger partial charge is 0.462 e. The number of unbranched alkanes of at least 4 members (excludes halogenated alkanes) is 1. The van der Waals surface area contributed by atoms with Gasteiger partial charge in [-0.3, -0.25) is 9.69 Å². The van der Waals surface area contributed by atoms with E-state index in [-0.39, 0.29) is 11.1 Å². The van der Waals surface area contributed by atoms with Crippen LogP contribution in [0.15, 0.2) is 66.4 Å². The highest BCUT2D eigenvalue weighted by Gasteiger charge is 2.19. The lowest BCUT2D eigenvalue weighted by Crippen LogP contribution is -2.43. The molecule has 0 saturated carbocycles. The molecule has 0 aliphatic carbocycles. The van der Waals surface area contributed by atoms with Gasteiger partial charge in [-0.05, 0) is 24.1 Å². The molecule has 33 heavy (non-hydrogen) atoms. The zero-order chi connectivity index (χ0) is 23.5. The van der Waals surface area contributed by atoms with Gasteiger partial charge in [0.05, 0.1) is 17.9 Å². The van der Waals surface area contributed by atoms with Crippen LogP contribution < -0.4 is 5.32 Å². The Hall–Kier alpha value is -3.63. The van der Waals surface area contributed by atoms with Crippen LogP contribution in [0, 0.1) is 11.3 Å². The van der Waals surface area contributed by atoms with E-state index in [0.29, 0.717) is 12.3 Å². The summed E-state index contributed by atoms with van der Waals surface area (Å²) >= 11 is 0. The molecule has 0 atom stereocenters. The first-order valence-electron chi connectivity index (χ1n) is 11.3. The second kappa shape index (κ2) is 12.4. The van der Waals surface area contributed by atoms with Crippen LogP contribution in [0.5, 0.6) is 0 Å². The van der Waals surface area contributed by atoms with Crippen molar-refractivity contribution in [2.45, 2.75) is 26.3 Å². The van der Waals surface area contributed by atoms with E-state index in [1.807, 2.05) is 36.1 Å². The Labute approximate surface area is 195 Å². The normalized spacial score (nSPS) is 14.4. The summed E-state index contributed by atoms with van der Waals surface area (Å²) in [7, 11) is 0. The van der Waals surface area contributed by atoms with E-state index in [9.17, 15) is 14.9 Å². The summed E-state index contributed by atoms with van der Waals surface area (Å²) in [5, 5.41) is 12.3. The molecule has 1 aliphatic heterocycles. The Morgan fingerprint density at radius 1 is 1.06 bits per heavy atom. The highest BCUT2D eigenvalue weighted by Crippen LogP contribution is 2.18. The number of hydrogen-bond donors (Lipinski definition) is 1. The lowest BCUT2D eigenvalue weighted by atomic mass is 10.1. The number of piperazine rings is 1. The van der Waals surface area contributed by atoms with E-state index in [2.05, 4.69) is 22.3 Å². The number of hydrogen-bond acceptors (Lipinski definition) is 6. The van der Waals surface area contributed by atoms with Crippen LogP contribution in [0.1, 0.15) is 35.7 Å². The van der Waals surface area contributed by atoms with Crippen LogP contribution in [-0.2, 0) is 16.1 Å². The highest BCUT2D eigenvalue weighted by atomic mass is 16.5. The Bertz CT molecular complexity index is 1010. The van der Waals surface area contributed by atoms with Crippen molar-refractivity contribution in [1.82, 2.24) is 9.80 Å². The summed E-state index contributed by atoms with van der Waals surface area (Å²) in [6.07, 6.45) is 3.31. The zero-order valence-electron chi connectivity index (χ0n) is 19.0. The summed E-state index contributed by atoms with van der Waals surface area (Å²) in [6, 6.07) is 19.0. The molecule has 0 radical (unpaired) electrons. The fraction of sp³-hybridized carbons (Fsp3) is 0.346. The summed E-state index contributed by atoms with van der Waals surface area (Å²) in [5.74, 6) is -1.03. The molecule has 0 unspecified atom stereocenters. The van der Waals surface area contributed by atoms with Gasteiger partial charge in [0.15, 0.2) is 0 Å². The minimum absolute atomic E-state index is 0.000614. The number of para-hydroxylation sites is 1. The third-order valence-corrected chi connectivity index (χ3v) is 5.46. The second-order valence-electron chi connectivity index (χ2n) is 7.94. The Morgan fingerprint density at radius 3 is 2.45 bits per heavy atom. The number of anilines is 1. The number of nitriles is 1. The molecule has 1 N–H and O–H groups in total. The number of nitrogens with one attached hydrogen (secondary N) is 1. The van der Waals surface area contributed by atoms with E-state index in [1.54, 1.807) is 30.5 Å². The lowest BCUT2D eigenvalue weighted by molar-refractivity contribution is -0.112. The van der Waals surface area contributed by atoms with Crippen LogP contribution in [0.3, 0.4) is 0 Å². The van der Waals surface area contributed by atoms with Crippen LogP contribution in [0.25, 0.3) is 0 Å². The van der Waals surface area contributed by atoms with Crippen LogP contribution >= 0.6 is 0 Å². The molecule has 0 aromatic heterocycles. The van der Waals surface area contributed by atoms with E-state index >= 15 is 0 Å². The standard InChI is InChI=1S/C26H30N4O3/c1-2-3-17-33-26(32)23-11-7-8-12-24(23)28-25(31)22(18-27)20-30-15-13-29(14-16-30)19-21-9-5-4-6-10-21/h4-12,20H,2-3,13-17,19H2,1H3,(H,28,31)/b22-20-. The molecule has 2 aromatic carbocycles. The van der Waals surface area contributed by atoms with Crippen LogP contribution in [0.4, 0.5) is 5.69 Å². The summed E-state index contributed by atoms with van der Waals surface area (Å²) < 4.78 is 5.27. The lowest BCUT2D eigenvalue weighted by Gasteiger charge is -2.34. The molecule has 1 fully saturated rings. The molecule has 172 valence electrons. The Balaban J connectivity index is 1.58. The van der Waals surface area contributed by atoms with Crippen LogP contribution in [-0.4, -0.2) is 54.5 Å². The van der Waals surface area contributed by atoms with Crippen molar-refractivity contribution < 1.29 is 14.3 Å². The number of amides is 1. The topological polar surface area (TPSA) is 85.7 Å². The second-order valence-corrected chi connectivity index (χ2v) is 7.94. The first-order chi connectivity index (χ1) is 16.1. The van der Waals surface area contributed by atoms with Crippen molar-refractivity contribution in [1.29, 1.82) is 5.26 Å². The predicted molar refractivity (Wildman–Crippen MR) is 127 cm³/mol. The van der Waals surface area contributed by atoms with Gasteiger partial charge >= 0.3 is 5.97 Å². The first-order valence-corrected chi connectivity index (χ1v) is 11.3. The molecule has 7 heteroatoms. The van der Waals surface area contributed by atoms with Crippen molar-refractivity contribution in [2.24, 2.45) is 0 Å². The number of ether oxygens (including phenoxy) is 1. The smallest absolute Gasteiger partial charge is 0.340 e. The number of carbonyl (C=O) groups is 2. The number of rotatable bonds is 9. The fourth-order valence-corrected chi connectivity index (χ4v) is 3.56. The number of nitrogens with zero attached hydrogens (tertiary/aromatic N) is 3. The summed E-state index contributed by atoms with van der Waals surface area (Å²) in [6.45, 7) is 6.38. The molecule has 7 nitrogen and oxygen atoms in total. The van der Waals surface area contributed by atoms with Crippen molar-refractivity contribution in [3.8, 4) is 6.07 Å². The molecular weight excluding hydrogens is 416 g/mol. The van der Waals surface area contributed by atoms with E-state index in [0.717, 1.165) is 45.6 Å². The molecular formula is C26H30N4O3. The fourth-order valence-electron chi connectivity index (χ4n) is 3.56. The quantitative estimate of drug-likeness (QED) is 0.273. The minimum atomic E-state index is -0.543. The third-order valence-electron chi connectivity index (χ3n) is 5.46. The van der Waals surface area contributed by atoms with Crippen molar-refractivity contribution in [2.75, 3.05) is 38.1 Å². The zero-order valence-corrected chi connectivity index (χ0v) is 19.0. The maximum Gasteiger partial charge on any atom is 0.340 e. The molecule has 0 bridgehead atoms. The maximum absolute atomic E-state index is 12.8. The Kier molecular flexibility index (Phi) is 9.04. The third kappa shape index (κ3) is 7.19. The molecule has 1 heterocycles. The first kappa shape index (κ1) is 24.0. The average molecular weight is 447 g/mol. The molecule has 3 rings (SSSR count). The van der Waals surface area contributed by atoms with Crippen molar-refractivity contribution in [3.05, 3.63) is 77.5 Å². The van der Waals surface area contributed by atoms with Gasteiger partial charge in [0, 0.05) is 38.9 Å². The number of carbonyl (C=O) groups excluding carboxylic acids is 2. The molecule has 0 spiro atoms. The average Bonchev–Trinajstić information content (AvgIpc) is 2.84. The van der Waals surface area contributed by atoms with Gasteiger partial charge in [0.25, 0.3) is 5.91 Å². The molecule has 1 saturated heterocycles. The van der Waals surface area contributed by atoms with Crippen molar-refractivity contribution in [3.63, 3.8) is 0 Å². The van der Waals surface area contributed by atoms with Gasteiger partial charge in [-0.25, -0.2) is 4.79 Å². The SMILES string of the molecule is CCCCOC(=O)c1ccccc1NC(=O)/C(C#N)=C\N1CCN(Cc2ccccc2)CC1. The number of esters is 1. The highest BCUT2D eigenvalue weighted by molar-refractivity contribution is 6.09. The van der Waals surface area contributed by atoms with Gasteiger partial charge in [-0.1, -0.05) is 55.8 Å². The maximum atomic E-state index is 12.8. The van der Waals surface area contributed by atoms with E-state index in [4.69, 9.17) is 4.74 Å². The van der Waals surface area contributed by atoms with Gasteiger partial charge in [0.2, 0.25) is 0 Å². The minimum Gasteiger partial charge on any atom is -0.462 e. The molecule has 1 amide bonds. The Morgan fingerprint density at radius 2 is 1.76 bits per heavy atom. The summed E-state index contributed by atoms with van der Waals surface area (Å²) in [4.78, 5) is 29.5. The van der Waals surface area contributed by atoms with Crippen molar-refractivity contribution >= 4 is 17.6 Å². The molecule has 1 aliphatic rings. The van der Waals surface area contributed by atoms with E-state index < -0.39 is 11.9 Å². The van der Waals surface area contributed by atoms with E-state index in [1.165, 1.54) is 5.56 Å². The molecule has 2 aromatic rings. The van der Waals surface area contributed by atoms with Gasteiger partial charge in [0.1, 0.15) is 11.6 Å². The monoisotopic (exact) mass is 446 g/mol. The van der Waals surface area contributed by atoms with Gasteiger partial charge < -0.3 is 15.0 Å².